The summed E-state index contributed by atoms with van der Waals surface area (Å²) in [5.41, 5.74) is 2.04. The zero-order chi connectivity index (χ0) is 29.2. The molecule has 0 aliphatic carbocycles. The second-order valence-corrected chi connectivity index (χ2v) is 10.00. The molecule has 212 valence electrons. The molecule has 2 aliphatic heterocycles. The second-order valence-electron chi connectivity index (χ2n) is 10.00. The molecule has 4 amide bonds. The molecule has 0 radical (unpaired) electrons. The van der Waals surface area contributed by atoms with Gasteiger partial charge in [0.2, 0.25) is 11.8 Å². The number of carbonyl (C=O) groups excluding carboxylic acids is 4. The number of piperidine rings is 1. The summed E-state index contributed by atoms with van der Waals surface area (Å²) in [7, 11) is 1.43. The van der Waals surface area contributed by atoms with Crippen molar-refractivity contribution in [2.75, 3.05) is 12.4 Å². The summed E-state index contributed by atoms with van der Waals surface area (Å²) in [5.74, 6) is 0.434. The highest BCUT2D eigenvalue weighted by atomic mass is 16.5. The summed E-state index contributed by atoms with van der Waals surface area (Å²) in [6.45, 7) is 0.0783. The summed E-state index contributed by atoms with van der Waals surface area (Å²) >= 11 is 0. The Morgan fingerprint density at radius 1 is 0.976 bits per heavy atom. The first kappa shape index (κ1) is 26.8. The molecule has 2 heterocycles. The average molecular weight is 566 g/mol. The van der Waals surface area contributed by atoms with E-state index in [4.69, 9.17) is 14.2 Å². The van der Waals surface area contributed by atoms with Crippen LogP contribution in [0.15, 0.2) is 78.9 Å². The van der Waals surface area contributed by atoms with Crippen molar-refractivity contribution in [3.05, 3.63) is 95.6 Å². The van der Waals surface area contributed by atoms with Crippen molar-refractivity contribution in [1.29, 1.82) is 0 Å². The number of methoxy groups -OCH3 is 1. The summed E-state index contributed by atoms with van der Waals surface area (Å²) in [6, 6.07) is 23.5. The Balaban J connectivity index is 1.08. The molecule has 10 nitrogen and oxygen atoms in total. The van der Waals surface area contributed by atoms with Crippen LogP contribution >= 0.6 is 0 Å². The van der Waals surface area contributed by atoms with Gasteiger partial charge >= 0.3 is 6.09 Å². The number of benzene rings is 4. The lowest BCUT2D eigenvalue weighted by atomic mass is 10.0. The highest BCUT2D eigenvalue weighted by Crippen LogP contribution is 2.36. The third kappa shape index (κ3) is 5.22. The smallest absolute Gasteiger partial charge is 0.411 e. The number of hydrogen-bond acceptors (Lipinski definition) is 7. The van der Waals surface area contributed by atoms with Crippen LogP contribution in [0.1, 0.15) is 34.3 Å². The fraction of sp³-hybridized carbons (Fsp3) is 0.188. The number of ether oxygens (including phenoxy) is 3. The lowest BCUT2D eigenvalue weighted by molar-refractivity contribution is -0.136. The molecule has 42 heavy (non-hydrogen) atoms. The molecule has 0 saturated carbocycles. The minimum absolute atomic E-state index is 0.143. The van der Waals surface area contributed by atoms with Crippen molar-refractivity contribution in [2.24, 2.45) is 0 Å². The molecular formula is C32H27N3O7. The quantitative estimate of drug-likeness (QED) is 0.297. The Labute approximate surface area is 241 Å². The maximum Gasteiger partial charge on any atom is 0.411 e. The molecule has 6 rings (SSSR count). The minimum Gasteiger partial charge on any atom is -0.495 e. The molecule has 0 aromatic heterocycles. The van der Waals surface area contributed by atoms with Gasteiger partial charge in [0, 0.05) is 29.6 Å². The van der Waals surface area contributed by atoms with E-state index in [-0.39, 0.29) is 43.6 Å². The first-order chi connectivity index (χ1) is 20.4. The van der Waals surface area contributed by atoms with Crippen molar-refractivity contribution in [2.45, 2.75) is 32.0 Å². The van der Waals surface area contributed by atoms with Gasteiger partial charge in [-0.05, 0) is 47.7 Å². The predicted molar refractivity (Wildman–Crippen MR) is 153 cm³/mol. The number of amides is 4. The summed E-state index contributed by atoms with van der Waals surface area (Å²) < 4.78 is 17.0. The van der Waals surface area contributed by atoms with Gasteiger partial charge in [-0.2, -0.15) is 0 Å². The maximum atomic E-state index is 13.3. The van der Waals surface area contributed by atoms with Crippen molar-refractivity contribution < 1.29 is 33.4 Å². The van der Waals surface area contributed by atoms with Crippen LogP contribution in [0.4, 0.5) is 10.5 Å². The number of imide groups is 1. The fourth-order valence-electron chi connectivity index (χ4n) is 5.33. The summed E-state index contributed by atoms with van der Waals surface area (Å²) in [5, 5.41) is 7.05. The second kappa shape index (κ2) is 11.2. The van der Waals surface area contributed by atoms with E-state index < -0.39 is 18.0 Å². The molecule has 1 fully saturated rings. The van der Waals surface area contributed by atoms with Gasteiger partial charge in [-0.3, -0.25) is 25.0 Å². The van der Waals surface area contributed by atoms with E-state index in [9.17, 15) is 19.2 Å². The van der Waals surface area contributed by atoms with Crippen LogP contribution in [-0.2, 0) is 27.5 Å². The van der Waals surface area contributed by atoms with Crippen molar-refractivity contribution in [1.82, 2.24) is 10.2 Å². The summed E-state index contributed by atoms with van der Waals surface area (Å²) in [6.07, 6.45) is -0.252. The molecule has 1 unspecified atom stereocenters. The van der Waals surface area contributed by atoms with Crippen LogP contribution < -0.4 is 20.1 Å². The Hall–Kier alpha value is -5.38. The van der Waals surface area contributed by atoms with Gasteiger partial charge < -0.3 is 19.1 Å². The van der Waals surface area contributed by atoms with Crippen molar-refractivity contribution >= 4 is 40.3 Å². The molecule has 10 heteroatoms. The third-order valence-corrected chi connectivity index (χ3v) is 7.37. The van der Waals surface area contributed by atoms with Gasteiger partial charge in [-0.15, -0.1) is 0 Å². The Morgan fingerprint density at radius 3 is 2.55 bits per heavy atom. The molecule has 1 saturated heterocycles. The molecule has 0 spiro atoms. The molecule has 1 atom stereocenters. The van der Waals surface area contributed by atoms with Crippen LogP contribution in [0.5, 0.6) is 17.2 Å². The molecule has 2 aliphatic rings. The van der Waals surface area contributed by atoms with Gasteiger partial charge in [0.15, 0.2) is 0 Å². The standard InChI is InChI=1S/C32H27N3O7/c1-40-29-21(10-9-20-17-35(31(38)28(20)29)25-15-16-27(36)34-30(25)37)18-41-32(39)33-22-11-13-23(14-12-22)42-26-8-4-6-19-5-2-3-7-24(19)26/h2-14,25H,15-18H2,1H3,(H,33,39)(H,34,36,37). The summed E-state index contributed by atoms with van der Waals surface area (Å²) in [4.78, 5) is 51.2. The normalized spacial score (nSPS) is 16.2. The Morgan fingerprint density at radius 2 is 1.76 bits per heavy atom. The third-order valence-electron chi connectivity index (χ3n) is 7.37. The molecule has 4 aromatic rings. The predicted octanol–water partition coefficient (Wildman–Crippen LogP) is 5.15. The lowest BCUT2D eigenvalue weighted by Crippen LogP contribution is -2.52. The van der Waals surface area contributed by atoms with Gasteiger partial charge in [-0.1, -0.05) is 48.5 Å². The number of hydrogen-bond donors (Lipinski definition) is 2. The lowest BCUT2D eigenvalue weighted by Gasteiger charge is -2.29. The monoisotopic (exact) mass is 565 g/mol. The van der Waals surface area contributed by atoms with Gasteiger partial charge in [0.1, 0.15) is 29.9 Å². The highest BCUT2D eigenvalue weighted by molar-refractivity contribution is 6.06. The SMILES string of the molecule is COc1c(COC(=O)Nc2ccc(Oc3cccc4ccccc34)cc2)ccc2c1C(=O)N(C1CCC(=O)NC1=O)C2. The molecule has 4 aromatic carbocycles. The minimum atomic E-state index is -0.735. The van der Waals surface area contributed by atoms with Crippen molar-refractivity contribution in [3.63, 3.8) is 0 Å². The van der Waals surface area contributed by atoms with Crippen LogP contribution in [-0.4, -0.2) is 41.9 Å². The number of rotatable bonds is 7. The Kier molecular flexibility index (Phi) is 7.18. The van der Waals surface area contributed by atoms with Crippen LogP contribution in [0.25, 0.3) is 10.8 Å². The number of nitrogens with one attached hydrogen (secondary N) is 2. The van der Waals surface area contributed by atoms with Gasteiger partial charge in [0.05, 0.1) is 12.7 Å². The van der Waals surface area contributed by atoms with E-state index in [1.165, 1.54) is 12.0 Å². The van der Waals surface area contributed by atoms with Crippen molar-refractivity contribution in [3.8, 4) is 17.2 Å². The number of anilines is 1. The van der Waals surface area contributed by atoms with Gasteiger partial charge in [0.25, 0.3) is 5.91 Å². The van der Waals surface area contributed by atoms with E-state index in [0.29, 0.717) is 28.1 Å². The zero-order valence-corrected chi connectivity index (χ0v) is 22.7. The van der Waals surface area contributed by atoms with E-state index in [1.54, 1.807) is 36.4 Å². The zero-order valence-electron chi connectivity index (χ0n) is 22.7. The first-order valence-corrected chi connectivity index (χ1v) is 13.4. The van der Waals surface area contributed by atoms with Crippen LogP contribution in [0.2, 0.25) is 0 Å². The van der Waals surface area contributed by atoms with E-state index in [1.807, 2.05) is 42.5 Å². The number of carbonyl (C=O) groups is 4. The fourth-order valence-corrected chi connectivity index (χ4v) is 5.33. The number of fused-ring (bicyclic) bond motifs is 2. The largest absolute Gasteiger partial charge is 0.495 e. The molecule has 0 bridgehead atoms. The van der Waals surface area contributed by atoms with Crippen LogP contribution in [0, 0.1) is 0 Å². The first-order valence-electron chi connectivity index (χ1n) is 13.4. The van der Waals surface area contributed by atoms with Gasteiger partial charge in [-0.25, -0.2) is 4.79 Å². The Bertz CT molecular complexity index is 1710. The van der Waals surface area contributed by atoms with E-state index in [2.05, 4.69) is 10.6 Å². The molecule has 2 N–H and O–H groups in total. The topological polar surface area (TPSA) is 123 Å². The molecular weight excluding hydrogens is 538 g/mol. The van der Waals surface area contributed by atoms with E-state index >= 15 is 0 Å². The van der Waals surface area contributed by atoms with Crippen LogP contribution in [0.3, 0.4) is 0 Å². The average Bonchev–Trinajstić information content (AvgIpc) is 3.33. The highest BCUT2D eigenvalue weighted by Gasteiger charge is 2.41. The number of nitrogens with zero attached hydrogens (tertiary/aromatic N) is 1. The maximum absolute atomic E-state index is 13.3. The van der Waals surface area contributed by atoms with E-state index in [0.717, 1.165) is 16.5 Å².